The first-order valence-electron chi connectivity index (χ1n) is 6.07. The van der Waals surface area contributed by atoms with Gasteiger partial charge in [0.05, 0.1) is 13.0 Å². The molecule has 0 aliphatic heterocycles. The summed E-state index contributed by atoms with van der Waals surface area (Å²) in [5, 5.41) is 3.56. The van der Waals surface area contributed by atoms with Crippen LogP contribution in [0, 0.1) is 0 Å². The van der Waals surface area contributed by atoms with E-state index in [0.29, 0.717) is 30.5 Å². The fraction of sp³-hybridized carbons (Fsp3) is 0.583. The van der Waals surface area contributed by atoms with E-state index in [-0.39, 0.29) is 5.97 Å². The number of nitrogens with zero attached hydrogens (tertiary/aromatic N) is 2. The Morgan fingerprint density at radius 1 is 1.44 bits per heavy atom. The molecule has 0 unspecified atom stereocenters. The summed E-state index contributed by atoms with van der Waals surface area (Å²) in [7, 11) is 0. The van der Waals surface area contributed by atoms with E-state index in [2.05, 4.69) is 22.2 Å². The molecule has 1 aromatic rings. The quantitative estimate of drug-likeness (QED) is 0.610. The summed E-state index contributed by atoms with van der Waals surface area (Å²) in [5.41, 5.74) is 0.894. The third kappa shape index (κ3) is 4.49. The van der Waals surface area contributed by atoms with Crippen molar-refractivity contribution in [1.29, 1.82) is 0 Å². The number of rotatable bonds is 7. The number of esters is 1. The van der Waals surface area contributed by atoms with Crippen molar-refractivity contribution in [1.82, 2.24) is 9.97 Å². The largest absolute Gasteiger partial charge is 0.466 e. The van der Waals surface area contributed by atoms with Gasteiger partial charge in [0, 0.05) is 12.1 Å². The number of halogens is 1. The van der Waals surface area contributed by atoms with Gasteiger partial charge >= 0.3 is 5.97 Å². The van der Waals surface area contributed by atoms with Gasteiger partial charge in [-0.2, -0.15) is 0 Å². The minimum Gasteiger partial charge on any atom is -0.466 e. The highest BCUT2D eigenvalue weighted by Crippen LogP contribution is 2.21. The lowest BCUT2D eigenvalue weighted by molar-refractivity contribution is -0.142. The Bertz CT molecular complexity index is 399. The van der Waals surface area contributed by atoms with Crippen molar-refractivity contribution in [2.45, 2.75) is 33.1 Å². The molecule has 1 rings (SSSR count). The Balaban J connectivity index is 2.56. The fourth-order valence-electron chi connectivity index (χ4n) is 1.53. The molecule has 18 heavy (non-hydrogen) atoms. The summed E-state index contributed by atoms with van der Waals surface area (Å²) >= 11 is 6.02. The lowest BCUT2D eigenvalue weighted by Crippen LogP contribution is -2.13. The molecule has 5 nitrogen and oxygen atoms in total. The molecule has 0 bridgehead atoms. The molecule has 0 saturated carbocycles. The number of aromatic nitrogens is 2. The highest BCUT2D eigenvalue weighted by Gasteiger charge is 2.09. The Kier molecular flexibility index (Phi) is 6.43. The highest BCUT2D eigenvalue weighted by molar-refractivity contribution is 6.30. The van der Waals surface area contributed by atoms with E-state index in [1.165, 1.54) is 6.33 Å². The molecule has 0 amide bonds. The number of hydrogen-bond acceptors (Lipinski definition) is 5. The first kappa shape index (κ1) is 14.7. The average Bonchev–Trinajstić information content (AvgIpc) is 2.34. The zero-order chi connectivity index (χ0) is 13.4. The van der Waals surface area contributed by atoms with Gasteiger partial charge in [0.1, 0.15) is 17.3 Å². The van der Waals surface area contributed by atoms with Crippen molar-refractivity contribution in [2.24, 2.45) is 0 Å². The molecule has 0 fully saturated rings. The van der Waals surface area contributed by atoms with E-state index in [1.807, 2.05) is 0 Å². The molecule has 6 heteroatoms. The van der Waals surface area contributed by atoms with Crippen LogP contribution in [0.25, 0.3) is 0 Å². The molecular formula is C12H18ClN3O2. The molecule has 0 aliphatic rings. The standard InChI is InChI=1S/C12H18ClN3O2/c1-3-5-9-11(13)15-8-16-12(9)14-7-6-10(17)18-4-2/h8H,3-7H2,1-2H3,(H,14,15,16). The van der Waals surface area contributed by atoms with Crippen molar-refractivity contribution in [3.63, 3.8) is 0 Å². The number of hydrogen-bond donors (Lipinski definition) is 1. The average molecular weight is 272 g/mol. The van der Waals surface area contributed by atoms with Crippen molar-refractivity contribution in [3.05, 3.63) is 17.0 Å². The second-order valence-electron chi connectivity index (χ2n) is 3.72. The van der Waals surface area contributed by atoms with Gasteiger partial charge in [0.25, 0.3) is 0 Å². The predicted octanol–water partition coefficient (Wildman–Crippen LogP) is 2.45. The van der Waals surface area contributed by atoms with E-state index < -0.39 is 0 Å². The summed E-state index contributed by atoms with van der Waals surface area (Å²) < 4.78 is 4.84. The molecule has 1 N–H and O–H groups in total. The van der Waals surface area contributed by atoms with Gasteiger partial charge in [-0.1, -0.05) is 24.9 Å². The maximum Gasteiger partial charge on any atom is 0.307 e. The summed E-state index contributed by atoms with van der Waals surface area (Å²) in [6, 6.07) is 0. The number of carbonyl (C=O) groups is 1. The van der Waals surface area contributed by atoms with Crippen molar-refractivity contribution in [3.8, 4) is 0 Å². The second kappa shape index (κ2) is 7.87. The van der Waals surface area contributed by atoms with Gasteiger partial charge in [-0.15, -0.1) is 0 Å². The van der Waals surface area contributed by atoms with Crippen LogP contribution < -0.4 is 5.32 Å². The molecule has 0 radical (unpaired) electrons. The van der Waals surface area contributed by atoms with Crippen LogP contribution in [0.15, 0.2) is 6.33 Å². The lowest BCUT2D eigenvalue weighted by atomic mass is 10.2. The Morgan fingerprint density at radius 3 is 2.89 bits per heavy atom. The van der Waals surface area contributed by atoms with Crippen LogP contribution in [-0.4, -0.2) is 29.1 Å². The van der Waals surface area contributed by atoms with E-state index >= 15 is 0 Å². The maximum absolute atomic E-state index is 11.2. The van der Waals surface area contributed by atoms with Crippen LogP contribution in [0.1, 0.15) is 32.3 Å². The van der Waals surface area contributed by atoms with Crippen molar-refractivity contribution < 1.29 is 9.53 Å². The molecule has 0 aliphatic carbocycles. The van der Waals surface area contributed by atoms with Crippen molar-refractivity contribution in [2.75, 3.05) is 18.5 Å². The number of ether oxygens (including phenoxy) is 1. The molecule has 1 heterocycles. The van der Waals surface area contributed by atoms with Gasteiger partial charge in [-0.05, 0) is 13.3 Å². The highest BCUT2D eigenvalue weighted by atomic mass is 35.5. The smallest absolute Gasteiger partial charge is 0.307 e. The number of nitrogens with one attached hydrogen (secondary N) is 1. The lowest BCUT2D eigenvalue weighted by Gasteiger charge is -2.10. The zero-order valence-corrected chi connectivity index (χ0v) is 11.5. The topological polar surface area (TPSA) is 64.1 Å². The monoisotopic (exact) mass is 271 g/mol. The van der Waals surface area contributed by atoms with Crippen LogP contribution in [0.3, 0.4) is 0 Å². The van der Waals surface area contributed by atoms with Crippen LogP contribution >= 0.6 is 11.6 Å². The minimum absolute atomic E-state index is 0.220. The summed E-state index contributed by atoms with van der Waals surface area (Å²) in [4.78, 5) is 19.3. The van der Waals surface area contributed by atoms with E-state index in [9.17, 15) is 4.79 Å². The summed E-state index contributed by atoms with van der Waals surface area (Å²) in [6.07, 6.45) is 3.48. The Morgan fingerprint density at radius 2 is 2.22 bits per heavy atom. The van der Waals surface area contributed by atoms with Gasteiger partial charge in [0.15, 0.2) is 0 Å². The molecule has 0 spiro atoms. The van der Waals surface area contributed by atoms with Gasteiger partial charge in [-0.25, -0.2) is 9.97 Å². The normalized spacial score (nSPS) is 10.2. The minimum atomic E-state index is -0.220. The predicted molar refractivity (Wildman–Crippen MR) is 70.8 cm³/mol. The second-order valence-corrected chi connectivity index (χ2v) is 4.08. The van der Waals surface area contributed by atoms with Crippen LogP contribution in [0.4, 0.5) is 5.82 Å². The third-order valence-corrected chi connectivity index (χ3v) is 2.65. The molecule has 0 atom stereocenters. The SMILES string of the molecule is CCCc1c(Cl)ncnc1NCCC(=O)OCC. The van der Waals surface area contributed by atoms with Crippen molar-refractivity contribution >= 4 is 23.4 Å². The molecule has 100 valence electrons. The zero-order valence-electron chi connectivity index (χ0n) is 10.7. The summed E-state index contributed by atoms with van der Waals surface area (Å²) in [5.74, 6) is 0.475. The van der Waals surface area contributed by atoms with E-state index in [4.69, 9.17) is 16.3 Å². The van der Waals surface area contributed by atoms with Gasteiger partial charge in [0.2, 0.25) is 0 Å². The Hall–Kier alpha value is -1.36. The van der Waals surface area contributed by atoms with Gasteiger partial charge < -0.3 is 10.1 Å². The van der Waals surface area contributed by atoms with E-state index in [0.717, 1.165) is 18.4 Å². The van der Waals surface area contributed by atoms with Crippen LogP contribution in [0.2, 0.25) is 5.15 Å². The molecule has 1 aromatic heterocycles. The van der Waals surface area contributed by atoms with E-state index in [1.54, 1.807) is 6.92 Å². The molecule has 0 aromatic carbocycles. The summed E-state index contributed by atoms with van der Waals surface area (Å²) in [6.45, 7) is 4.72. The molecule has 0 saturated heterocycles. The van der Waals surface area contributed by atoms with Crippen LogP contribution in [-0.2, 0) is 16.0 Å². The fourth-order valence-corrected chi connectivity index (χ4v) is 1.76. The maximum atomic E-state index is 11.2. The van der Waals surface area contributed by atoms with Crippen LogP contribution in [0.5, 0.6) is 0 Å². The Labute approximate surface area is 112 Å². The first-order valence-corrected chi connectivity index (χ1v) is 6.45. The molecular weight excluding hydrogens is 254 g/mol. The third-order valence-electron chi connectivity index (χ3n) is 2.32. The number of carbonyl (C=O) groups excluding carboxylic acids is 1. The number of anilines is 1. The first-order chi connectivity index (χ1) is 8.69. The van der Waals surface area contributed by atoms with Gasteiger partial charge in [-0.3, -0.25) is 4.79 Å².